The summed E-state index contributed by atoms with van der Waals surface area (Å²) in [7, 11) is 1.95. The fraction of sp³-hybridized carbons (Fsp3) is 0.333. The molecule has 0 saturated heterocycles. The maximum absolute atomic E-state index is 12.2. The minimum Gasteiger partial charge on any atom is -0.435 e. The van der Waals surface area contributed by atoms with Crippen LogP contribution in [-0.2, 0) is 11.8 Å². The second-order valence-corrected chi connectivity index (χ2v) is 6.92. The van der Waals surface area contributed by atoms with E-state index in [1.807, 2.05) is 55.1 Å². The molecular weight excluding hydrogens is 340 g/mol. The molecule has 0 unspecified atom stereocenters. The number of fused-ring (bicyclic) bond motifs is 1. The molecule has 1 aromatic carbocycles. The van der Waals surface area contributed by atoms with Gasteiger partial charge in [0.2, 0.25) is 11.8 Å². The smallest absolute Gasteiger partial charge is 0.244 e. The largest absolute Gasteiger partial charge is 0.435 e. The van der Waals surface area contributed by atoms with Crippen molar-refractivity contribution >= 4 is 22.6 Å². The Balaban J connectivity index is 1.91. The number of aryl methyl sites for hydroxylation is 1. The number of nitrogens with one attached hydrogen (secondary N) is 1. The van der Waals surface area contributed by atoms with Gasteiger partial charge < -0.3 is 8.98 Å². The van der Waals surface area contributed by atoms with Crippen LogP contribution in [0.1, 0.15) is 32.3 Å². The van der Waals surface area contributed by atoms with Crippen LogP contribution in [0.2, 0.25) is 0 Å². The van der Waals surface area contributed by atoms with E-state index in [1.54, 1.807) is 0 Å². The number of carbonyl (C=O) groups excluding carboxylic acids is 1. The molecule has 6 nitrogen and oxygen atoms in total. The summed E-state index contributed by atoms with van der Waals surface area (Å²) in [5, 5.41) is 0. The predicted octanol–water partition coefficient (Wildman–Crippen LogP) is 3.89. The molecule has 0 fully saturated rings. The lowest BCUT2D eigenvalue weighted by Crippen LogP contribution is -2.38. The first-order valence-corrected chi connectivity index (χ1v) is 9.18. The lowest BCUT2D eigenvalue weighted by molar-refractivity contribution is -0.126. The summed E-state index contributed by atoms with van der Waals surface area (Å²) in [6, 6.07) is 9.76. The Morgan fingerprint density at radius 3 is 2.81 bits per heavy atom. The van der Waals surface area contributed by atoms with E-state index < -0.39 is 0 Å². The van der Waals surface area contributed by atoms with Gasteiger partial charge in [-0.05, 0) is 47.7 Å². The highest BCUT2D eigenvalue weighted by Crippen LogP contribution is 2.33. The normalized spacial score (nSPS) is 13.5. The number of nitrogens with two attached hydrogens (primary N) is 1. The van der Waals surface area contributed by atoms with E-state index in [2.05, 4.69) is 23.9 Å². The molecule has 2 aromatic heterocycles. The fourth-order valence-corrected chi connectivity index (χ4v) is 3.45. The number of nitrogens with zero attached hydrogens (tertiary/aromatic N) is 2. The molecule has 142 valence electrons. The maximum Gasteiger partial charge on any atom is 0.244 e. The summed E-state index contributed by atoms with van der Waals surface area (Å²) >= 11 is 0. The first kappa shape index (κ1) is 18.9. The number of hydrazine groups is 1. The Morgan fingerprint density at radius 1 is 1.41 bits per heavy atom. The molecule has 3 aromatic rings. The number of oxazole rings is 1. The number of benzene rings is 1. The van der Waals surface area contributed by atoms with Gasteiger partial charge in [-0.2, -0.15) is 0 Å². The number of carbonyl (C=O) groups is 1. The molecule has 0 aliphatic carbocycles. The third-order valence-corrected chi connectivity index (χ3v) is 5.15. The van der Waals surface area contributed by atoms with Crippen LogP contribution in [0.4, 0.5) is 0 Å². The van der Waals surface area contributed by atoms with Crippen LogP contribution in [0, 0.1) is 11.8 Å². The summed E-state index contributed by atoms with van der Waals surface area (Å²) in [6.07, 6.45) is 3.61. The van der Waals surface area contributed by atoms with Crippen molar-refractivity contribution in [3.63, 3.8) is 0 Å². The Hall–Kier alpha value is -2.86. The standard InChI is InChI=1S/C21H26N4O2/c1-5-7-16(20(26)24-22)14(3)13(2)15-9-10-17-19(12-15)27-21(23-17)18-8-6-11-25(18)4/h6,8-12,14,16H,2,5,7,22H2,1,3-4H3,(H,24,26)/t14-,16+/m0/s1. The van der Waals surface area contributed by atoms with E-state index in [0.717, 1.165) is 35.2 Å². The molecule has 2 heterocycles. The van der Waals surface area contributed by atoms with Gasteiger partial charge in [0.1, 0.15) is 11.2 Å². The number of hydrogen-bond acceptors (Lipinski definition) is 4. The van der Waals surface area contributed by atoms with E-state index in [-0.39, 0.29) is 17.7 Å². The number of allylic oxidation sites excluding steroid dienone is 1. The average molecular weight is 366 g/mol. The van der Waals surface area contributed by atoms with Crippen LogP contribution >= 0.6 is 0 Å². The van der Waals surface area contributed by atoms with E-state index >= 15 is 0 Å². The summed E-state index contributed by atoms with van der Waals surface area (Å²) in [5.74, 6) is 5.54. The number of aromatic nitrogens is 2. The average Bonchev–Trinajstić information content (AvgIpc) is 3.29. The minimum atomic E-state index is -0.211. The first-order chi connectivity index (χ1) is 13.0. The molecule has 0 spiro atoms. The minimum absolute atomic E-state index is 0.0405. The molecule has 6 heteroatoms. The molecule has 27 heavy (non-hydrogen) atoms. The van der Waals surface area contributed by atoms with Crippen LogP contribution in [0.15, 0.2) is 47.5 Å². The number of rotatable bonds is 7. The monoisotopic (exact) mass is 366 g/mol. The van der Waals surface area contributed by atoms with Crippen molar-refractivity contribution in [1.29, 1.82) is 0 Å². The van der Waals surface area contributed by atoms with Gasteiger partial charge in [0.05, 0.1) is 0 Å². The van der Waals surface area contributed by atoms with Crippen molar-refractivity contribution in [3.05, 3.63) is 48.7 Å². The van der Waals surface area contributed by atoms with Crippen molar-refractivity contribution < 1.29 is 9.21 Å². The van der Waals surface area contributed by atoms with Crippen molar-refractivity contribution in [1.82, 2.24) is 15.0 Å². The van der Waals surface area contributed by atoms with E-state index in [4.69, 9.17) is 10.3 Å². The fourth-order valence-electron chi connectivity index (χ4n) is 3.45. The van der Waals surface area contributed by atoms with Gasteiger partial charge in [0.15, 0.2) is 5.58 Å². The molecule has 0 radical (unpaired) electrons. The molecule has 1 amide bonds. The highest BCUT2D eigenvalue weighted by Gasteiger charge is 2.26. The van der Waals surface area contributed by atoms with Crippen LogP contribution in [-0.4, -0.2) is 15.5 Å². The van der Waals surface area contributed by atoms with Gasteiger partial charge in [-0.25, -0.2) is 10.8 Å². The van der Waals surface area contributed by atoms with Crippen molar-refractivity contribution in [2.75, 3.05) is 0 Å². The zero-order chi connectivity index (χ0) is 19.6. The van der Waals surface area contributed by atoms with Crippen LogP contribution in [0.3, 0.4) is 0 Å². The topological polar surface area (TPSA) is 86.1 Å². The Bertz CT molecular complexity index is 970. The van der Waals surface area contributed by atoms with Gasteiger partial charge >= 0.3 is 0 Å². The van der Waals surface area contributed by atoms with Crippen LogP contribution in [0.5, 0.6) is 0 Å². The van der Waals surface area contributed by atoms with Gasteiger partial charge in [0.25, 0.3) is 0 Å². The van der Waals surface area contributed by atoms with Crippen molar-refractivity contribution in [3.8, 4) is 11.6 Å². The SMILES string of the molecule is C=C(c1ccc2nc(-c3cccn3C)oc2c1)[C@H](C)[C@@H](CCC)C(=O)NN. The summed E-state index contributed by atoms with van der Waals surface area (Å²) in [6.45, 7) is 8.30. The quantitative estimate of drug-likeness (QED) is 0.377. The second kappa shape index (κ2) is 7.80. The first-order valence-electron chi connectivity index (χ1n) is 9.18. The maximum atomic E-state index is 12.2. The van der Waals surface area contributed by atoms with Gasteiger partial charge in [0, 0.05) is 19.2 Å². The summed E-state index contributed by atoms with van der Waals surface area (Å²) in [4.78, 5) is 16.7. The predicted molar refractivity (Wildman–Crippen MR) is 107 cm³/mol. The Labute approximate surface area is 159 Å². The number of hydrogen-bond donors (Lipinski definition) is 2. The van der Waals surface area contributed by atoms with E-state index in [9.17, 15) is 4.79 Å². The molecule has 2 atom stereocenters. The van der Waals surface area contributed by atoms with Crippen molar-refractivity contribution in [2.24, 2.45) is 24.7 Å². The lowest BCUT2D eigenvalue weighted by Gasteiger charge is -2.24. The van der Waals surface area contributed by atoms with Gasteiger partial charge in [-0.1, -0.05) is 32.9 Å². The van der Waals surface area contributed by atoms with Crippen LogP contribution < -0.4 is 11.3 Å². The lowest BCUT2D eigenvalue weighted by atomic mass is 9.81. The Kier molecular flexibility index (Phi) is 5.46. The van der Waals surface area contributed by atoms with E-state index in [0.29, 0.717) is 11.5 Å². The molecule has 3 rings (SSSR count). The zero-order valence-corrected chi connectivity index (χ0v) is 16.0. The third kappa shape index (κ3) is 3.66. The molecule has 0 aliphatic rings. The summed E-state index contributed by atoms with van der Waals surface area (Å²) in [5.41, 5.74) is 6.52. The molecule has 0 bridgehead atoms. The molecular formula is C21H26N4O2. The zero-order valence-electron chi connectivity index (χ0n) is 16.0. The summed E-state index contributed by atoms with van der Waals surface area (Å²) < 4.78 is 7.93. The van der Waals surface area contributed by atoms with Crippen LogP contribution in [0.25, 0.3) is 28.3 Å². The van der Waals surface area contributed by atoms with E-state index in [1.165, 1.54) is 0 Å². The number of amides is 1. The molecule has 0 saturated carbocycles. The second-order valence-electron chi connectivity index (χ2n) is 6.92. The van der Waals surface area contributed by atoms with Gasteiger partial charge in [-0.15, -0.1) is 0 Å². The third-order valence-electron chi connectivity index (χ3n) is 5.15. The Morgan fingerprint density at radius 2 is 2.19 bits per heavy atom. The van der Waals surface area contributed by atoms with Gasteiger partial charge in [-0.3, -0.25) is 10.2 Å². The van der Waals surface area contributed by atoms with Crippen molar-refractivity contribution in [2.45, 2.75) is 26.7 Å². The highest BCUT2D eigenvalue weighted by atomic mass is 16.3. The molecule has 3 N–H and O–H groups in total. The molecule has 0 aliphatic heterocycles. The highest BCUT2D eigenvalue weighted by molar-refractivity contribution is 5.84.